The molecule has 1 aliphatic carbocycles. The third kappa shape index (κ3) is 3.30. The van der Waals surface area contributed by atoms with Crippen LogP contribution in [0.3, 0.4) is 0 Å². The highest BCUT2D eigenvalue weighted by atomic mass is 16.5. The van der Waals surface area contributed by atoms with Gasteiger partial charge in [-0.15, -0.1) is 0 Å². The molecule has 0 amide bonds. The van der Waals surface area contributed by atoms with Gasteiger partial charge in [0.15, 0.2) is 0 Å². The number of pyridine rings is 1. The molecule has 1 heterocycles. The van der Waals surface area contributed by atoms with Gasteiger partial charge >= 0.3 is 0 Å². The van der Waals surface area contributed by atoms with Crippen molar-refractivity contribution in [3.05, 3.63) is 29.6 Å². The highest BCUT2D eigenvalue weighted by Crippen LogP contribution is 2.35. The van der Waals surface area contributed by atoms with Crippen molar-refractivity contribution >= 4 is 0 Å². The number of aromatic nitrogens is 1. The quantitative estimate of drug-likeness (QED) is 0.891. The fraction of sp³-hybridized carbons (Fsp3) is 0.667. The van der Waals surface area contributed by atoms with Gasteiger partial charge in [0, 0.05) is 18.9 Å². The molecule has 0 aromatic carbocycles. The van der Waals surface area contributed by atoms with E-state index in [-0.39, 0.29) is 5.60 Å². The largest absolute Gasteiger partial charge is 0.369 e. The lowest BCUT2D eigenvalue weighted by molar-refractivity contribution is -0.0841. The third-order valence-electron chi connectivity index (χ3n) is 3.90. The fourth-order valence-electron chi connectivity index (χ4n) is 2.92. The zero-order valence-electron chi connectivity index (χ0n) is 11.5. The van der Waals surface area contributed by atoms with Crippen molar-refractivity contribution in [2.24, 2.45) is 11.7 Å². The van der Waals surface area contributed by atoms with Gasteiger partial charge in [0.2, 0.25) is 0 Å². The molecule has 0 bridgehead atoms. The van der Waals surface area contributed by atoms with Crippen LogP contribution in [0.2, 0.25) is 0 Å². The zero-order chi connectivity index (χ0) is 13.0. The summed E-state index contributed by atoms with van der Waals surface area (Å²) in [4.78, 5) is 4.20. The first-order valence-corrected chi connectivity index (χ1v) is 6.88. The standard InChI is InChI=1S/C15H24N2O/c1-12-4-3-5-15(7-12,11-16)18-10-14-6-13(2)8-17-9-14/h6,8-9,12H,3-5,7,10-11,16H2,1-2H3. The second kappa shape index (κ2) is 5.81. The predicted octanol–water partition coefficient (Wildman–Crippen LogP) is 2.81. The zero-order valence-corrected chi connectivity index (χ0v) is 11.5. The van der Waals surface area contributed by atoms with Crippen LogP contribution >= 0.6 is 0 Å². The topological polar surface area (TPSA) is 48.1 Å². The van der Waals surface area contributed by atoms with E-state index in [0.717, 1.165) is 24.3 Å². The molecule has 0 radical (unpaired) electrons. The van der Waals surface area contributed by atoms with Crippen molar-refractivity contribution in [3.8, 4) is 0 Å². The number of aryl methyl sites for hydroxylation is 1. The maximum absolute atomic E-state index is 6.17. The number of ether oxygens (including phenoxy) is 1. The molecule has 1 fully saturated rings. The summed E-state index contributed by atoms with van der Waals surface area (Å²) in [5.41, 5.74) is 8.16. The molecular weight excluding hydrogens is 224 g/mol. The van der Waals surface area contributed by atoms with Crippen LogP contribution in [0.5, 0.6) is 0 Å². The molecule has 100 valence electrons. The molecule has 0 aliphatic heterocycles. The van der Waals surface area contributed by atoms with Crippen LogP contribution in [0.4, 0.5) is 0 Å². The highest BCUT2D eigenvalue weighted by molar-refractivity contribution is 5.15. The Bertz CT molecular complexity index is 394. The minimum Gasteiger partial charge on any atom is -0.369 e. The Morgan fingerprint density at radius 1 is 1.50 bits per heavy atom. The molecule has 1 aromatic heterocycles. The second-order valence-electron chi connectivity index (χ2n) is 5.75. The van der Waals surface area contributed by atoms with E-state index in [1.165, 1.54) is 18.4 Å². The van der Waals surface area contributed by atoms with E-state index in [1.54, 1.807) is 0 Å². The minimum atomic E-state index is -0.110. The van der Waals surface area contributed by atoms with Crippen molar-refractivity contribution in [1.82, 2.24) is 4.98 Å². The first-order valence-electron chi connectivity index (χ1n) is 6.88. The number of hydrogen-bond acceptors (Lipinski definition) is 3. The molecule has 2 N–H and O–H groups in total. The van der Waals surface area contributed by atoms with E-state index >= 15 is 0 Å². The number of rotatable bonds is 4. The molecule has 1 saturated carbocycles. The summed E-state index contributed by atoms with van der Waals surface area (Å²) < 4.78 is 6.17. The maximum atomic E-state index is 6.17. The summed E-state index contributed by atoms with van der Waals surface area (Å²) in [6.07, 6.45) is 8.45. The summed E-state index contributed by atoms with van der Waals surface area (Å²) in [6, 6.07) is 2.13. The van der Waals surface area contributed by atoms with Gasteiger partial charge in [0.05, 0.1) is 12.2 Å². The van der Waals surface area contributed by atoms with Crippen molar-refractivity contribution in [2.75, 3.05) is 6.54 Å². The third-order valence-corrected chi connectivity index (χ3v) is 3.90. The number of hydrogen-bond donors (Lipinski definition) is 1. The first kappa shape index (κ1) is 13.5. The van der Waals surface area contributed by atoms with Gasteiger partial charge in [0.25, 0.3) is 0 Å². The molecule has 2 unspecified atom stereocenters. The molecule has 1 aromatic rings. The van der Waals surface area contributed by atoms with Crippen LogP contribution < -0.4 is 5.73 Å². The van der Waals surface area contributed by atoms with E-state index < -0.39 is 0 Å². The summed E-state index contributed by atoms with van der Waals surface area (Å²) in [5, 5.41) is 0. The van der Waals surface area contributed by atoms with Crippen molar-refractivity contribution in [3.63, 3.8) is 0 Å². The van der Waals surface area contributed by atoms with Gasteiger partial charge in [-0.2, -0.15) is 0 Å². The molecule has 2 rings (SSSR count). The first-order chi connectivity index (χ1) is 8.63. The monoisotopic (exact) mass is 248 g/mol. The van der Waals surface area contributed by atoms with Crippen LogP contribution in [-0.4, -0.2) is 17.1 Å². The molecule has 3 nitrogen and oxygen atoms in total. The van der Waals surface area contributed by atoms with Crippen LogP contribution in [0.15, 0.2) is 18.5 Å². The molecular formula is C15H24N2O. The maximum Gasteiger partial charge on any atom is 0.0811 e. The van der Waals surface area contributed by atoms with E-state index in [9.17, 15) is 0 Å². The lowest BCUT2D eigenvalue weighted by Crippen LogP contribution is -2.44. The van der Waals surface area contributed by atoms with Crippen LogP contribution in [0.1, 0.15) is 43.7 Å². The second-order valence-corrected chi connectivity index (χ2v) is 5.75. The summed E-state index contributed by atoms with van der Waals surface area (Å²) in [7, 11) is 0. The fourth-order valence-corrected chi connectivity index (χ4v) is 2.92. The van der Waals surface area contributed by atoms with Crippen LogP contribution in [-0.2, 0) is 11.3 Å². The van der Waals surface area contributed by atoms with E-state index in [4.69, 9.17) is 10.5 Å². The van der Waals surface area contributed by atoms with Gasteiger partial charge < -0.3 is 10.5 Å². The predicted molar refractivity (Wildman–Crippen MR) is 73.2 cm³/mol. The van der Waals surface area contributed by atoms with Crippen molar-refractivity contribution in [1.29, 1.82) is 0 Å². The van der Waals surface area contributed by atoms with Crippen LogP contribution in [0, 0.1) is 12.8 Å². The van der Waals surface area contributed by atoms with E-state index in [2.05, 4.69) is 24.9 Å². The average Bonchev–Trinajstić information content (AvgIpc) is 2.37. The van der Waals surface area contributed by atoms with E-state index in [0.29, 0.717) is 13.2 Å². The van der Waals surface area contributed by atoms with Gasteiger partial charge in [-0.1, -0.05) is 25.8 Å². The molecule has 0 spiro atoms. The highest BCUT2D eigenvalue weighted by Gasteiger charge is 2.34. The van der Waals surface area contributed by atoms with Gasteiger partial charge in [-0.3, -0.25) is 4.98 Å². The summed E-state index contributed by atoms with van der Waals surface area (Å²) in [5.74, 6) is 0.720. The van der Waals surface area contributed by atoms with Gasteiger partial charge in [-0.25, -0.2) is 0 Å². The molecule has 18 heavy (non-hydrogen) atoms. The molecule has 3 heteroatoms. The van der Waals surface area contributed by atoms with E-state index in [1.807, 2.05) is 12.4 Å². The molecule has 1 aliphatic rings. The normalized spacial score (nSPS) is 28.3. The van der Waals surface area contributed by atoms with Crippen molar-refractivity contribution < 1.29 is 4.74 Å². The molecule has 0 saturated heterocycles. The lowest BCUT2D eigenvalue weighted by Gasteiger charge is -2.39. The Labute approximate surface area is 110 Å². The summed E-state index contributed by atoms with van der Waals surface area (Å²) in [6.45, 7) is 5.59. The van der Waals surface area contributed by atoms with Crippen molar-refractivity contribution in [2.45, 2.75) is 51.7 Å². The Balaban J connectivity index is 1.98. The summed E-state index contributed by atoms with van der Waals surface area (Å²) >= 11 is 0. The minimum absolute atomic E-state index is 0.110. The Morgan fingerprint density at radius 3 is 3.00 bits per heavy atom. The lowest BCUT2D eigenvalue weighted by atomic mass is 9.79. The molecule has 2 atom stereocenters. The van der Waals surface area contributed by atoms with Gasteiger partial charge in [0.1, 0.15) is 0 Å². The van der Waals surface area contributed by atoms with Crippen LogP contribution in [0.25, 0.3) is 0 Å². The average molecular weight is 248 g/mol. The SMILES string of the molecule is Cc1cncc(COC2(CN)CCCC(C)C2)c1. The Hall–Kier alpha value is -0.930. The Morgan fingerprint density at radius 2 is 2.33 bits per heavy atom. The number of nitrogens with zero attached hydrogens (tertiary/aromatic N) is 1. The van der Waals surface area contributed by atoms with Gasteiger partial charge in [-0.05, 0) is 36.8 Å². The smallest absolute Gasteiger partial charge is 0.0811 e. The Kier molecular flexibility index (Phi) is 4.36. The number of nitrogens with two attached hydrogens (primary N) is 1.